The first-order valence-corrected chi connectivity index (χ1v) is 6.69. The Labute approximate surface area is 110 Å². The molecule has 0 aromatic rings. The van der Waals surface area contributed by atoms with Gasteiger partial charge in [-0.1, -0.05) is 13.8 Å². The molecule has 0 aliphatic rings. The van der Waals surface area contributed by atoms with Crippen LogP contribution in [0.2, 0.25) is 0 Å². The number of ether oxygens (including phenoxy) is 1. The molecule has 5 nitrogen and oxygen atoms in total. The number of methoxy groups -OCH3 is 1. The molecule has 0 rings (SSSR count). The Kier molecular flexibility index (Phi) is 8.97. The van der Waals surface area contributed by atoms with E-state index in [0.29, 0.717) is 13.0 Å². The lowest BCUT2D eigenvalue weighted by molar-refractivity contribution is -0.144. The molecule has 1 unspecified atom stereocenters. The van der Waals surface area contributed by atoms with E-state index in [1.54, 1.807) is 14.0 Å². The van der Waals surface area contributed by atoms with Crippen molar-refractivity contribution >= 4 is 5.97 Å². The number of carboxylic acids is 1. The fourth-order valence-corrected chi connectivity index (χ4v) is 1.70. The van der Waals surface area contributed by atoms with Crippen LogP contribution in [0.3, 0.4) is 0 Å². The molecule has 0 bridgehead atoms. The first-order chi connectivity index (χ1) is 8.50. The van der Waals surface area contributed by atoms with E-state index in [1.165, 1.54) is 0 Å². The van der Waals surface area contributed by atoms with E-state index >= 15 is 0 Å². The minimum Gasteiger partial charge on any atom is -0.480 e. The van der Waals surface area contributed by atoms with Crippen LogP contribution in [0.25, 0.3) is 0 Å². The highest BCUT2D eigenvalue weighted by molar-refractivity contribution is 5.78. The molecule has 0 aliphatic heterocycles. The second-order valence-corrected chi connectivity index (χ2v) is 4.74. The molecule has 0 radical (unpaired) electrons. The largest absolute Gasteiger partial charge is 0.480 e. The zero-order chi connectivity index (χ0) is 14.0. The molecule has 0 amide bonds. The van der Waals surface area contributed by atoms with E-state index in [1.807, 2.05) is 6.92 Å². The third-order valence-electron chi connectivity index (χ3n) is 3.22. The molecular formula is C13H28N2O3. The molecule has 0 heterocycles. The summed E-state index contributed by atoms with van der Waals surface area (Å²) >= 11 is 0. The van der Waals surface area contributed by atoms with E-state index < -0.39 is 11.5 Å². The van der Waals surface area contributed by atoms with Crippen LogP contribution in [0, 0.1) is 0 Å². The summed E-state index contributed by atoms with van der Waals surface area (Å²) in [6.45, 7) is 9.80. The average Bonchev–Trinajstić information content (AvgIpc) is 2.36. The monoisotopic (exact) mass is 260 g/mol. The quantitative estimate of drug-likeness (QED) is 0.584. The lowest BCUT2D eigenvalue weighted by Gasteiger charge is -2.29. The standard InChI is InChI=1S/C13H28N2O3/c1-5-8-14-13(3,12(16)17)7-9-15(6-2)10-11-18-4/h14H,5-11H2,1-4H3,(H,16,17). The van der Waals surface area contributed by atoms with Crippen LogP contribution in [0.5, 0.6) is 0 Å². The fourth-order valence-electron chi connectivity index (χ4n) is 1.70. The van der Waals surface area contributed by atoms with Gasteiger partial charge in [0.15, 0.2) is 0 Å². The van der Waals surface area contributed by atoms with Crippen molar-refractivity contribution in [3.8, 4) is 0 Å². The van der Waals surface area contributed by atoms with Crippen LogP contribution in [0.4, 0.5) is 0 Å². The number of carbonyl (C=O) groups is 1. The summed E-state index contributed by atoms with van der Waals surface area (Å²) < 4.78 is 5.04. The summed E-state index contributed by atoms with van der Waals surface area (Å²) in [5, 5.41) is 12.4. The van der Waals surface area contributed by atoms with Gasteiger partial charge in [-0.15, -0.1) is 0 Å². The number of nitrogens with zero attached hydrogens (tertiary/aromatic N) is 1. The summed E-state index contributed by atoms with van der Waals surface area (Å²) in [6, 6.07) is 0. The molecule has 0 saturated carbocycles. The number of carboxylic acid groups (broad SMARTS) is 1. The summed E-state index contributed by atoms with van der Waals surface area (Å²) in [6.07, 6.45) is 1.53. The SMILES string of the molecule is CCCNC(C)(CCN(CC)CCOC)C(=O)O. The van der Waals surface area contributed by atoms with Crippen molar-refractivity contribution in [3.63, 3.8) is 0 Å². The normalized spacial score (nSPS) is 14.7. The van der Waals surface area contributed by atoms with Crippen LogP contribution < -0.4 is 5.32 Å². The molecular weight excluding hydrogens is 232 g/mol. The zero-order valence-electron chi connectivity index (χ0n) is 12.2. The topological polar surface area (TPSA) is 61.8 Å². The van der Waals surface area contributed by atoms with Crippen LogP contribution in [-0.4, -0.2) is 61.4 Å². The van der Waals surface area contributed by atoms with E-state index in [4.69, 9.17) is 4.74 Å². The van der Waals surface area contributed by atoms with E-state index in [9.17, 15) is 9.90 Å². The lowest BCUT2D eigenvalue weighted by atomic mass is 9.97. The molecule has 108 valence electrons. The minimum atomic E-state index is -0.837. The first-order valence-electron chi connectivity index (χ1n) is 6.69. The van der Waals surface area contributed by atoms with Crippen LogP contribution in [-0.2, 0) is 9.53 Å². The van der Waals surface area contributed by atoms with Gasteiger partial charge in [-0.05, 0) is 32.9 Å². The van der Waals surface area contributed by atoms with Crippen molar-refractivity contribution in [3.05, 3.63) is 0 Å². The third-order valence-corrected chi connectivity index (χ3v) is 3.22. The molecule has 0 fully saturated rings. The van der Waals surface area contributed by atoms with Gasteiger partial charge in [-0.25, -0.2) is 0 Å². The van der Waals surface area contributed by atoms with Gasteiger partial charge in [0.2, 0.25) is 0 Å². The molecule has 0 spiro atoms. The molecule has 2 N–H and O–H groups in total. The van der Waals surface area contributed by atoms with E-state index in [0.717, 1.165) is 32.6 Å². The Morgan fingerprint density at radius 3 is 2.50 bits per heavy atom. The van der Waals surface area contributed by atoms with Gasteiger partial charge in [0.05, 0.1) is 6.61 Å². The number of rotatable bonds is 11. The smallest absolute Gasteiger partial charge is 0.323 e. The highest BCUT2D eigenvalue weighted by atomic mass is 16.5. The maximum absolute atomic E-state index is 11.3. The molecule has 18 heavy (non-hydrogen) atoms. The summed E-state index contributed by atoms with van der Waals surface area (Å²) in [5.41, 5.74) is -0.837. The Morgan fingerprint density at radius 2 is 2.06 bits per heavy atom. The highest BCUT2D eigenvalue weighted by Crippen LogP contribution is 2.11. The van der Waals surface area contributed by atoms with Crippen molar-refractivity contribution in [2.75, 3.05) is 39.9 Å². The number of hydrogen-bond donors (Lipinski definition) is 2. The van der Waals surface area contributed by atoms with Crippen LogP contribution in [0.1, 0.15) is 33.6 Å². The fraction of sp³-hybridized carbons (Fsp3) is 0.923. The number of hydrogen-bond acceptors (Lipinski definition) is 4. The maximum Gasteiger partial charge on any atom is 0.323 e. The molecule has 1 atom stereocenters. The number of nitrogens with one attached hydrogen (secondary N) is 1. The van der Waals surface area contributed by atoms with Gasteiger partial charge in [0, 0.05) is 20.2 Å². The molecule has 0 saturated heterocycles. The lowest BCUT2D eigenvalue weighted by Crippen LogP contribution is -2.51. The van der Waals surface area contributed by atoms with Crippen LogP contribution >= 0.6 is 0 Å². The van der Waals surface area contributed by atoms with Gasteiger partial charge in [-0.2, -0.15) is 0 Å². The van der Waals surface area contributed by atoms with Crippen LogP contribution in [0.15, 0.2) is 0 Å². The minimum absolute atomic E-state index is 0.597. The molecule has 0 aromatic carbocycles. The van der Waals surface area contributed by atoms with Gasteiger partial charge < -0.3 is 20.1 Å². The Hall–Kier alpha value is -0.650. The van der Waals surface area contributed by atoms with Crippen molar-refractivity contribution in [1.82, 2.24) is 10.2 Å². The van der Waals surface area contributed by atoms with E-state index in [2.05, 4.69) is 17.1 Å². The predicted octanol–water partition coefficient (Wildman–Crippen LogP) is 1.19. The zero-order valence-corrected chi connectivity index (χ0v) is 12.2. The second kappa shape index (κ2) is 9.30. The van der Waals surface area contributed by atoms with E-state index in [-0.39, 0.29) is 0 Å². The Morgan fingerprint density at radius 1 is 1.39 bits per heavy atom. The van der Waals surface area contributed by atoms with Crippen molar-refractivity contribution < 1.29 is 14.6 Å². The van der Waals surface area contributed by atoms with Gasteiger partial charge in [0.25, 0.3) is 0 Å². The van der Waals surface area contributed by atoms with Crippen molar-refractivity contribution in [2.45, 2.75) is 39.2 Å². The van der Waals surface area contributed by atoms with Crippen molar-refractivity contribution in [1.29, 1.82) is 0 Å². The molecule has 0 aliphatic carbocycles. The maximum atomic E-state index is 11.3. The average molecular weight is 260 g/mol. The van der Waals surface area contributed by atoms with Gasteiger partial charge in [-0.3, -0.25) is 4.79 Å². The first kappa shape index (κ1) is 17.4. The third kappa shape index (κ3) is 6.33. The Bertz CT molecular complexity index is 236. The highest BCUT2D eigenvalue weighted by Gasteiger charge is 2.32. The van der Waals surface area contributed by atoms with Gasteiger partial charge in [0.1, 0.15) is 5.54 Å². The predicted molar refractivity (Wildman–Crippen MR) is 72.9 cm³/mol. The van der Waals surface area contributed by atoms with Crippen molar-refractivity contribution in [2.24, 2.45) is 0 Å². The summed E-state index contributed by atoms with van der Waals surface area (Å²) in [5.74, 6) is -0.779. The molecule has 5 heteroatoms. The van der Waals surface area contributed by atoms with Gasteiger partial charge >= 0.3 is 5.97 Å². The number of likely N-dealkylation sites (N-methyl/N-ethyl adjacent to an activating group) is 1. The second-order valence-electron chi connectivity index (χ2n) is 4.74. The summed E-state index contributed by atoms with van der Waals surface area (Å²) in [4.78, 5) is 13.5. The Balaban J connectivity index is 4.27. The summed E-state index contributed by atoms with van der Waals surface area (Å²) in [7, 11) is 1.68. The molecule has 0 aromatic heterocycles. The number of aliphatic carboxylic acids is 1.